The van der Waals surface area contributed by atoms with E-state index in [1.807, 2.05) is 18.3 Å². The normalized spacial score (nSPS) is 14.1. The molecule has 1 fully saturated rings. The Hall–Kier alpha value is -3.65. The van der Waals surface area contributed by atoms with Crippen LogP contribution in [0.2, 0.25) is 0 Å². The number of rotatable bonds is 5. The lowest BCUT2D eigenvalue weighted by Gasteiger charge is -2.28. The average Bonchev–Trinajstić information content (AvgIpc) is 3.23. The van der Waals surface area contributed by atoms with Crippen LogP contribution >= 0.6 is 0 Å². The summed E-state index contributed by atoms with van der Waals surface area (Å²) in [6.07, 6.45) is 7.14. The molecule has 8 nitrogen and oxygen atoms in total. The highest BCUT2D eigenvalue weighted by molar-refractivity contribution is 5.78. The fraction of sp³-hybridized carbons (Fsp3) is 0.227. The maximum absolute atomic E-state index is 5.43. The Labute approximate surface area is 174 Å². The van der Waals surface area contributed by atoms with E-state index >= 15 is 0 Å². The van der Waals surface area contributed by atoms with Crippen LogP contribution in [0, 0.1) is 0 Å². The van der Waals surface area contributed by atoms with Crippen LogP contribution in [0.3, 0.4) is 0 Å². The molecule has 1 aliphatic rings. The van der Waals surface area contributed by atoms with Crippen LogP contribution < -0.4 is 15.0 Å². The maximum Gasteiger partial charge on any atom is 0.165 e. The van der Waals surface area contributed by atoms with Crippen molar-refractivity contribution in [1.82, 2.24) is 19.6 Å². The zero-order chi connectivity index (χ0) is 20.3. The highest BCUT2D eigenvalue weighted by Crippen LogP contribution is 2.27. The number of nitrogens with one attached hydrogen (secondary N) is 1. The molecule has 0 amide bonds. The number of aromatic nitrogens is 4. The number of anilines is 3. The summed E-state index contributed by atoms with van der Waals surface area (Å²) in [4.78, 5) is 11.3. The minimum atomic E-state index is 0.696. The van der Waals surface area contributed by atoms with Gasteiger partial charge in [-0.25, -0.2) is 9.50 Å². The molecule has 0 saturated carbocycles. The molecule has 4 heterocycles. The quantitative estimate of drug-likeness (QED) is 0.548. The molecule has 0 bridgehead atoms. The summed E-state index contributed by atoms with van der Waals surface area (Å²) in [5.74, 6) is 1.45. The second kappa shape index (κ2) is 8.00. The maximum atomic E-state index is 5.43. The summed E-state index contributed by atoms with van der Waals surface area (Å²) < 4.78 is 12.5. The summed E-state index contributed by atoms with van der Waals surface area (Å²) >= 11 is 0. The Balaban J connectivity index is 1.39. The predicted octanol–water partition coefficient (Wildman–Crippen LogP) is 3.38. The highest BCUT2D eigenvalue weighted by atomic mass is 16.5. The first-order chi connectivity index (χ1) is 14.8. The van der Waals surface area contributed by atoms with Gasteiger partial charge in [-0.3, -0.25) is 4.98 Å². The number of hydrogen-bond acceptors (Lipinski definition) is 7. The smallest absolute Gasteiger partial charge is 0.165 e. The van der Waals surface area contributed by atoms with E-state index < -0.39 is 0 Å². The summed E-state index contributed by atoms with van der Waals surface area (Å²) in [5, 5.41) is 7.79. The van der Waals surface area contributed by atoms with Gasteiger partial charge in [0.1, 0.15) is 11.6 Å². The summed E-state index contributed by atoms with van der Waals surface area (Å²) in [7, 11) is 1.63. The minimum absolute atomic E-state index is 0.696. The van der Waals surface area contributed by atoms with Crippen molar-refractivity contribution < 1.29 is 9.47 Å². The standard InChI is InChI=1S/C22H22N6O2/c1-29-19-12-16(13-23-14-19)20-15-24-28-7-6-21(26-22(20)28)25-17-2-4-18(5-3-17)27-8-10-30-11-9-27/h2-7,12-15H,8-11H2,1H3,(H,25,26). The first-order valence-corrected chi connectivity index (χ1v) is 9.84. The molecule has 0 atom stereocenters. The van der Waals surface area contributed by atoms with Gasteiger partial charge in [0, 0.05) is 48.0 Å². The Morgan fingerprint density at radius 3 is 2.67 bits per heavy atom. The largest absolute Gasteiger partial charge is 0.495 e. The Bertz CT molecular complexity index is 1150. The number of morpholine rings is 1. The van der Waals surface area contributed by atoms with Crippen LogP contribution in [0.4, 0.5) is 17.2 Å². The zero-order valence-corrected chi connectivity index (χ0v) is 16.7. The van der Waals surface area contributed by atoms with Crippen molar-refractivity contribution >= 4 is 22.8 Å². The van der Waals surface area contributed by atoms with Gasteiger partial charge in [-0.15, -0.1) is 0 Å². The van der Waals surface area contributed by atoms with Crippen LogP contribution in [-0.4, -0.2) is 53.0 Å². The number of pyridine rings is 1. The van der Waals surface area contributed by atoms with Crippen LogP contribution in [0.15, 0.2) is 61.2 Å². The van der Waals surface area contributed by atoms with Crippen molar-refractivity contribution in [3.8, 4) is 16.9 Å². The predicted molar refractivity (Wildman–Crippen MR) is 116 cm³/mol. The van der Waals surface area contributed by atoms with E-state index in [4.69, 9.17) is 14.5 Å². The third kappa shape index (κ3) is 3.65. The van der Waals surface area contributed by atoms with Crippen molar-refractivity contribution in [2.45, 2.75) is 0 Å². The molecule has 4 aromatic rings. The van der Waals surface area contributed by atoms with E-state index in [1.165, 1.54) is 5.69 Å². The number of fused-ring (bicyclic) bond motifs is 1. The molecule has 1 aromatic carbocycles. The molecule has 0 aliphatic carbocycles. The number of hydrogen-bond donors (Lipinski definition) is 1. The van der Waals surface area contributed by atoms with Crippen LogP contribution in [0.1, 0.15) is 0 Å². The van der Waals surface area contributed by atoms with Crippen molar-refractivity contribution in [2.24, 2.45) is 0 Å². The lowest BCUT2D eigenvalue weighted by molar-refractivity contribution is 0.122. The van der Waals surface area contributed by atoms with E-state index in [2.05, 4.69) is 44.6 Å². The molecule has 8 heteroatoms. The molecule has 3 aromatic heterocycles. The van der Waals surface area contributed by atoms with Crippen molar-refractivity contribution in [2.75, 3.05) is 43.6 Å². The van der Waals surface area contributed by atoms with Gasteiger partial charge in [0.25, 0.3) is 0 Å². The number of nitrogens with zero attached hydrogens (tertiary/aromatic N) is 5. The Kier molecular flexibility index (Phi) is 4.90. The molecule has 0 spiro atoms. The van der Waals surface area contributed by atoms with Crippen molar-refractivity contribution in [3.63, 3.8) is 0 Å². The van der Waals surface area contributed by atoms with E-state index in [9.17, 15) is 0 Å². The van der Waals surface area contributed by atoms with Gasteiger partial charge < -0.3 is 19.7 Å². The summed E-state index contributed by atoms with van der Waals surface area (Å²) in [5.41, 5.74) is 4.74. The van der Waals surface area contributed by atoms with Crippen molar-refractivity contribution in [1.29, 1.82) is 0 Å². The van der Waals surface area contributed by atoms with Gasteiger partial charge in [0.2, 0.25) is 0 Å². The van der Waals surface area contributed by atoms with Gasteiger partial charge in [-0.2, -0.15) is 5.10 Å². The second-order valence-corrected chi connectivity index (χ2v) is 7.02. The van der Waals surface area contributed by atoms with Crippen molar-refractivity contribution in [3.05, 3.63) is 61.2 Å². The number of benzene rings is 1. The fourth-order valence-electron chi connectivity index (χ4n) is 3.54. The average molecular weight is 402 g/mol. The van der Waals surface area contributed by atoms with Crippen LogP contribution in [0.25, 0.3) is 16.8 Å². The molecule has 30 heavy (non-hydrogen) atoms. The molecule has 1 aliphatic heterocycles. The van der Waals surface area contributed by atoms with E-state index in [-0.39, 0.29) is 0 Å². The molecule has 0 unspecified atom stereocenters. The van der Waals surface area contributed by atoms with Gasteiger partial charge in [-0.05, 0) is 36.4 Å². The lowest BCUT2D eigenvalue weighted by Crippen LogP contribution is -2.36. The third-order valence-electron chi connectivity index (χ3n) is 5.14. The second-order valence-electron chi connectivity index (χ2n) is 7.02. The molecule has 0 radical (unpaired) electrons. The Morgan fingerprint density at radius 1 is 1.03 bits per heavy atom. The van der Waals surface area contributed by atoms with E-state index in [0.29, 0.717) is 5.75 Å². The zero-order valence-electron chi connectivity index (χ0n) is 16.7. The van der Waals surface area contributed by atoms with Gasteiger partial charge in [0.15, 0.2) is 5.65 Å². The topological polar surface area (TPSA) is 76.8 Å². The van der Waals surface area contributed by atoms with E-state index in [0.717, 1.165) is 54.6 Å². The first-order valence-electron chi connectivity index (χ1n) is 9.84. The van der Waals surface area contributed by atoms with E-state index in [1.54, 1.807) is 30.2 Å². The number of methoxy groups -OCH3 is 1. The molecule has 1 N–H and O–H groups in total. The fourth-order valence-corrected chi connectivity index (χ4v) is 3.54. The van der Waals surface area contributed by atoms with Gasteiger partial charge in [-0.1, -0.05) is 0 Å². The number of ether oxygens (including phenoxy) is 2. The molecule has 5 rings (SSSR count). The highest BCUT2D eigenvalue weighted by Gasteiger charge is 2.12. The SMILES string of the molecule is COc1cncc(-c2cnn3ccc(Nc4ccc(N5CCOCC5)cc4)nc23)c1. The van der Waals surface area contributed by atoms with Crippen LogP contribution in [-0.2, 0) is 4.74 Å². The minimum Gasteiger partial charge on any atom is -0.495 e. The molecule has 1 saturated heterocycles. The first kappa shape index (κ1) is 18.4. The van der Waals surface area contributed by atoms with Gasteiger partial charge >= 0.3 is 0 Å². The molecular weight excluding hydrogens is 380 g/mol. The molecule has 152 valence electrons. The Morgan fingerprint density at radius 2 is 1.87 bits per heavy atom. The summed E-state index contributed by atoms with van der Waals surface area (Å²) in [6, 6.07) is 12.2. The monoisotopic (exact) mass is 402 g/mol. The summed E-state index contributed by atoms with van der Waals surface area (Å²) in [6.45, 7) is 3.41. The third-order valence-corrected chi connectivity index (χ3v) is 5.14. The molecular formula is C22H22N6O2. The van der Waals surface area contributed by atoms with Gasteiger partial charge in [0.05, 0.1) is 32.7 Å². The van der Waals surface area contributed by atoms with Crippen LogP contribution in [0.5, 0.6) is 5.75 Å². The lowest BCUT2D eigenvalue weighted by atomic mass is 10.1.